The van der Waals surface area contributed by atoms with Crippen LogP contribution in [0.3, 0.4) is 0 Å². The lowest BCUT2D eigenvalue weighted by Crippen LogP contribution is -2.02. The van der Waals surface area contributed by atoms with E-state index >= 15 is 0 Å². The molecule has 2 nitrogen and oxygen atoms in total. The Kier molecular flexibility index (Phi) is 3.33. The Bertz CT molecular complexity index is 458. The highest BCUT2D eigenvalue weighted by Gasteiger charge is 2.04. The van der Waals surface area contributed by atoms with E-state index in [0.29, 0.717) is 6.54 Å². The van der Waals surface area contributed by atoms with Gasteiger partial charge in [0.05, 0.1) is 6.54 Å². The molecule has 0 spiro atoms. The fourth-order valence-corrected chi connectivity index (χ4v) is 2.56. The van der Waals surface area contributed by atoms with Crippen molar-refractivity contribution >= 4 is 33.1 Å². The highest BCUT2D eigenvalue weighted by atomic mass is 79.9. The first kappa shape index (κ1) is 10.6. The van der Waals surface area contributed by atoms with Crippen LogP contribution in [0.1, 0.15) is 4.88 Å². The minimum atomic E-state index is -0.329. The topological polar surface area (TPSA) is 24.9 Å². The summed E-state index contributed by atoms with van der Waals surface area (Å²) in [5.41, 5.74) is 0. The minimum absolute atomic E-state index is 0.290. The zero-order valence-corrected chi connectivity index (χ0v) is 10.1. The number of hydrogen-bond acceptors (Lipinski definition) is 3. The summed E-state index contributed by atoms with van der Waals surface area (Å²) in [4.78, 5) is 5.04. The predicted molar refractivity (Wildman–Crippen MR) is 63.5 cm³/mol. The van der Waals surface area contributed by atoms with Gasteiger partial charge >= 0.3 is 0 Å². The van der Waals surface area contributed by atoms with E-state index in [4.69, 9.17) is 0 Å². The number of nitrogens with zero attached hydrogens (tertiary/aromatic N) is 1. The number of pyridine rings is 1. The first-order chi connectivity index (χ1) is 7.27. The molecular weight excluding hydrogens is 279 g/mol. The van der Waals surface area contributed by atoms with Crippen LogP contribution >= 0.6 is 27.3 Å². The third-order valence-electron chi connectivity index (χ3n) is 1.87. The molecule has 0 atom stereocenters. The molecule has 2 aromatic heterocycles. The number of rotatable bonds is 3. The molecule has 0 amide bonds. The lowest BCUT2D eigenvalue weighted by Gasteiger charge is -2.04. The smallest absolute Gasteiger partial charge is 0.165 e. The van der Waals surface area contributed by atoms with Crippen LogP contribution in [0.4, 0.5) is 10.2 Å². The highest BCUT2D eigenvalue weighted by molar-refractivity contribution is 9.10. The van der Waals surface area contributed by atoms with Gasteiger partial charge in [-0.1, -0.05) is 0 Å². The molecule has 15 heavy (non-hydrogen) atoms. The van der Waals surface area contributed by atoms with Gasteiger partial charge in [0, 0.05) is 15.5 Å². The molecule has 0 fully saturated rings. The van der Waals surface area contributed by atoms with E-state index in [0.717, 1.165) is 9.35 Å². The molecule has 0 saturated carbocycles. The van der Waals surface area contributed by atoms with Crippen molar-refractivity contribution in [1.82, 2.24) is 4.98 Å². The summed E-state index contributed by atoms with van der Waals surface area (Å²) in [6.07, 6.45) is 1.56. The van der Waals surface area contributed by atoms with Gasteiger partial charge in [0.15, 0.2) is 11.6 Å². The number of anilines is 1. The summed E-state index contributed by atoms with van der Waals surface area (Å²) in [5.74, 6) is -0.0389. The largest absolute Gasteiger partial charge is 0.363 e. The summed E-state index contributed by atoms with van der Waals surface area (Å²) >= 11 is 5.03. The van der Waals surface area contributed by atoms with Crippen LogP contribution in [-0.4, -0.2) is 4.98 Å². The molecule has 0 aliphatic heterocycles. The average molecular weight is 287 g/mol. The van der Waals surface area contributed by atoms with Gasteiger partial charge in [-0.3, -0.25) is 0 Å². The zero-order valence-electron chi connectivity index (χ0n) is 7.71. The number of hydrogen-bond donors (Lipinski definition) is 1. The Labute approximate surface area is 99.3 Å². The van der Waals surface area contributed by atoms with Gasteiger partial charge in [-0.25, -0.2) is 9.37 Å². The SMILES string of the molecule is Fc1cccnc1NCc1sccc1Br. The summed E-state index contributed by atoms with van der Waals surface area (Å²) in [6, 6.07) is 4.93. The molecule has 0 aliphatic carbocycles. The standard InChI is InChI=1S/C10H8BrFN2S/c11-7-3-5-15-9(7)6-14-10-8(12)2-1-4-13-10/h1-5H,6H2,(H,13,14). The van der Waals surface area contributed by atoms with Crippen LogP contribution in [0.25, 0.3) is 0 Å². The first-order valence-electron chi connectivity index (χ1n) is 4.33. The maximum Gasteiger partial charge on any atom is 0.165 e. The van der Waals surface area contributed by atoms with E-state index in [-0.39, 0.29) is 11.6 Å². The van der Waals surface area contributed by atoms with Gasteiger partial charge in [-0.05, 0) is 39.5 Å². The van der Waals surface area contributed by atoms with Crippen molar-refractivity contribution in [2.24, 2.45) is 0 Å². The van der Waals surface area contributed by atoms with E-state index < -0.39 is 0 Å². The lowest BCUT2D eigenvalue weighted by molar-refractivity contribution is 0.624. The van der Waals surface area contributed by atoms with Crippen molar-refractivity contribution < 1.29 is 4.39 Å². The number of aromatic nitrogens is 1. The van der Waals surface area contributed by atoms with Crippen molar-refractivity contribution in [3.8, 4) is 0 Å². The minimum Gasteiger partial charge on any atom is -0.363 e. The van der Waals surface area contributed by atoms with E-state index in [1.54, 1.807) is 23.6 Å². The third kappa shape index (κ3) is 2.54. The molecule has 78 valence electrons. The Morgan fingerprint density at radius 1 is 1.47 bits per heavy atom. The number of thiophene rings is 1. The van der Waals surface area contributed by atoms with Crippen molar-refractivity contribution in [3.05, 3.63) is 44.9 Å². The first-order valence-corrected chi connectivity index (χ1v) is 6.01. The Morgan fingerprint density at radius 2 is 2.33 bits per heavy atom. The zero-order chi connectivity index (χ0) is 10.7. The molecule has 2 aromatic rings. The third-order valence-corrected chi connectivity index (χ3v) is 3.79. The summed E-state index contributed by atoms with van der Waals surface area (Å²) in [6.45, 7) is 0.576. The molecule has 0 saturated heterocycles. The van der Waals surface area contributed by atoms with Gasteiger partial charge in [-0.15, -0.1) is 11.3 Å². The molecule has 0 aromatic carbocycles. The van der Waals surface area contributed by atoms with Crippen LogP contribution in [0.15, 0.2) is 34.2 Å². The van der Waals surface area contributed by atoms with E-state index in [1.807, 2.05) is 11.4 Å². The molecule has 2 rings (SSSR count). The predicted octanol–water partition coefficient (Wildman–Crippen LogP) is 3.66. The van der Waals surface area contributed by atoms with Gasteiger partial charge in [0.1, 0.15) is 0 Å². The second-order valence-electron chi connectivity index (χ2n) is 2.88. The fourth-order valence-electron chi connectivity index (χ4n) is 1.13. The van der Waals surface area contributed by atoms with Crippen LogP contribution in [0, 0.1) is 5.82 Å². The van der Waals surface area contributed by atoms with Crippen LogP contribution in [-0.2, 0) is 6.54 Å². The molecule has 0 unspecified atom stereocenters. The fraction of sp³-hybridized carbons (Fsp3) is 0.100. The molecule has 2 heterocycles. The Hall–Kier alpha value is -0.940. The average Bonchev–Trinajstić information content (AvgIpc) is 2.63. The second-order valence-corrected chi connectivity index (χ2v) is 4.73. The molecule has 5 heteroatoms. The van der Waals surface area contributed by atoms with Crippen molar-refractivity contribution in [3.63, 3.8) is 0 Å². The van der Waals surface area contributed by atoms with E-state index in [1.165, 1.54) is 6.07 Å². The maximum absolute atomic E-state index is 13.2. The van der Waals surface area contributed by atoms with E-state index in [9.17, 15) is 4.39 Å². The van der Waals surface area contributed by atoms with Crippen LogP contribution in [0.5, 0.6) is 0 Å². The molecule has 0 radical (unpaired) electrons. The number of nitrogens with one attached hydrogen (secondary N) is 1. The van der Waals surface area contributed by atoms with Crippen LogP contribution < -0.4 is 5.32 Å². The Balaban J connectivity index is 2.06. The molecule has 0 aliphatic rings. The Morgan fingerprint density at radius 3 is 3.00 bits per heavy atom. The normalized spacial score (nSPS) is 10.3. The van der Waals surface area contributed by atoms with Crippen molar-refractivity contribution in [2.75, 3.05) is 5.32 Å². The van der Waals surface area contributed by atoms with Crippen molar-refractivity contribution in [1.29, 1.82) is 0 Å². The van der Waals surface area contributed by atoms with Gasteiger partial charge in [0.2, 0.25) is 0 Å². The second kappa shape index (κ2) is 4.72. The van der Waals surface area contributed by atoms with Gasteiger partial charge < -0.3 is 5.32 Å². The van der Waals surface area contributed by atoms with Gasteiger partial charge in [0.25, 0.3) is 0 Å². The summed E-state index contributed by atoms with van der Waals surface area (Å²) in [5, 5.41) is 4.93. The van der Waals surface area contributed by atoms with Gasteiger partial charge in [-0.2, -0.15) is 0 Å². The summed E-state index contributed by atoms with van der Waals surface area (Å²) < 4.78 is 14.2. The summed E-state index contributed by atoms with van der Waals surface area (Å²) in [7, 11) is 0. The van der Waals surface area contributed by atoms with Crippen LogP contribution in [0.2, 0.25) is 0 Å². The van der Waals surface area contributed by atoms with Crippen molar-refractivity contribution in [2.45, 2.75) is 6.54 Å². The molecular formula is C10H8BrFN2S. The monoisotopic (exact) mass is 286 g/mol. The van der Waals surface area contributed by atoms with E-state index in [2.05, 4.69) is 26.2 Å². The molecule has 1 N–H and O–H groups in total. The highest BCUT2D eigenvalue weighted by Crippen LogP contribution is 2.23. The lowest BCUT2D eigenvalue weighted by atomic mass is 10.4. The number of halogens is 2. The quantitative estimate of drug-likeness (QED) is 0.932. The molecule has 0 bridgehead atoms. The maximum atomic E-state index is 13.2.